The summed E-state index contributed by atoms with van der Waals surface area (Å²) < 4.78 is 1.84. The molecule has 1 aliphatic carbocycles. The quantitative estimate of drug-likeness (QED) is 0.293. The average Bonchev–Trinajstić information content (AvgIpc) is 3.55. The Labute approximate surface area is 195 Å². The third-order valence-corrected chi connectivity index (χ3v) is 6.69. The van der Waals surface area contributed by atoms with Gasteiger partial charge in [0.1, 0.15) is 12.1 Å². The molecule has 5 nitrogen and oxygen atoms in total. The Bertz CT molecular complexity index is 1470. The summed E-state index contributed by atoms with van der Waals surface area (Å²) >= 11 is 12.9. The van der Waals surface area contributed by atoms with Gasteiger partial charge in [0.05, 0.1) is 5.52 Å². The number of fused-ring (bicyclic) bond motifs is 3. The minimum atomic E-state index is 0.520. The molecule has 7 heteroatoms. The molecule has 3 aromatic carbocycles. The fraction of sp³-hybridized carbons (Fsp3) is 0.160. The van der Waals surface area contributed by atoms with Crippen molar-refractivity contribution in [2.45, 2.75) is 18.8 Å². The number of halogens is 2. The fourth-order valence-corrected chi connectivity index (χ4v) is 4.59. The third kappa shape index (κ3) is 3.29. The van der Waals surface area contributed by atoms with Crippen LogP contribution in [0.15, 0.2) is 67.0 Å². The standard InChI is InChI=1S/C25H19Cl2N5/c1-31(24-20-10-8-18(26)12-23(20)32-14-28-30-25(32)29-24)19-9-11-22(27)21(13-19)17-6-4-16(5-7-17)15-2-3-15/h4-15H,2-3H2,1H3. The van der Waals surface area contributed by atoms with Gasteiger partial charge in [0.15, 0.2) is 0 Å². The Morgan fingerprint density at radius 1 is 0.969 bits per heavy atom. The van der Waals surface area contributed by atoms with Gasteiger partial charge in [0.25, 0.3) is 5.78 Å². The Balaban J connectivity index is 1.46. The number of benzene rings is 3. The van der Waals surface area contributed by atoms with E-state index in [9.17, 15) is 0 Å². The monoisotopic (exact) mass is 459 g/mol. The van der Waals surface area contributed by atoms with Crippen molar-refractivity contribution >= 4 is 51.4 Å². The van der Waals surface area contributed by atoms with E-state index in [4.69, 9.17) is 28.2 Å². The van der Waals surface area contributed by atoms with E-state index >= 15 is 0 Å². The van der Waals surface area contributed by atoms with Crippen LogP contribution in [0.25, 0.3) is 27.8 Å². The summed E-state index contributed by atoms with van der Waals surface area (Å²) in [7, 11) is 1.99. The first-order valence-electron chi connectivity index (χ1n) is 10.5. The topological polar surface area (TPSA) is 46.3 Å². The number of hydrogen-bond acceptors (Lipinski definition) is 4. The van der Waals surface area contributed by atoms with Gasteiger partial charge in [-0.05, 0) is 66.3 Å². The third-order valence-electron chi connectivity index (χ3n) is 6.12. The van der Waals surface area contributed by atoms with Crippen LogP contribution in [0, 0.1) is 0 Å². The molecule has 32 heavy (non-hydrogen) atoms. The van der Waals surface area contributed by atoms with E-state index in [1.54, 1.807) is 6.33 Å². The van der Waals surface area contributed by atoms with Crippen molar-refractivity contribution in [1.82, 2.24) is 19.6 Å². The lowest BCUT2D eigenvalue weighted by Crippen LogP contribution is -2.13. The molecule has 2 heterocycles. The van der Waals surface area contributed by atoms with E-state index in [1.165, 1.54) is 18.4 Å². The molecule has 2 aromatic heterocycles. The minimum absolute atomic E-state index is 0.520. The lowest BCUT2D eigenvalue weighted by Gasteiger charge is -2.22. The lowest BCUT2D eigenvalue weighted by molar-refractivity contribution is 1.08. The summed E-state index contributed by atoms with van der Waals surface area (Å²) in [5.41, 5.74) is 5.39. The van der Waals surface area contributed by atoms with Gasteiger partial charge in [0, 0.05) is 33.7 Å². The van der Waals surface area contributed by atoms with E-state index < -0.39 is 0 Å². The largest absolute Gasteiger partial charge is 0.329 e. The molecule has 0 aliphatic heterocycles. The molecule has 1 aliphatic rings. The van der Waals surface area contributed by atoms with Crippen molar-refractivity contribution in [2.24, 2.45) is 0 Å². The Kier molecular flexibility index (Phi) is 4.56. The number of anilines is 2. The van der Waals surface area contributed by atoms with Crippen LogP contribution in [0.4, 0.5) is 11.5 Å². The van der Waals surface area contributed by atoms with Crippen LogP contribution < -0.4 is 4.90 Å². The van der Waals surface area contributed by atoms with Crippen molar-refractivity contribution in [1.29, 1.82) is 0 Å². The second-order valence-electron chi connectivity index (χ2n) is 8.22. The van der Waals surface area contributed by atoms with Gasteiger partial charge in [-0.3, -0.25) is 4.40 Å². The molecule has 158 valence electrons. The van der Waals surface area contributed by atoms with Gasteiger partial charge in [-0.25, -0.2) is 0 Å². The van der Waals surface area contributed by atoms with Crippen LogP contribution in [-0.4, -0.2) is 26.6 Å². The molecule has 0 saturated heterocycles. The minimum Gasteiger partial charge on any atom is -0.329 e. The predicted molar refractivity (Wildman–Crippen MR) is 130 cm³/mol. The number of aromatic nitrogens is 4. The van der Waals surface area contributed by atoms with Crippen LogP contribution in [-0.2, 0) is 0 Å². The first-order valence-corrected chi connectivity index (χ1v) is 11.3. The van der Waals surface area contributed by atoms with Gasteiger partial charge >= 0.3 is 0 Å². The highest BCUT2D eigenvalue weighted by Crippen LogP contribution is 2.41. The maximum Gasteiger partial charge on any atom is 0.257 e. The normalized spacial score (nSPS) is 13.7. The first kappa shape index (κ1) is 19.5. The smallest absolute Gasteiger partial charge is 0.257 e. The van der Waals surface area contributed by atoms with E-state index in [2.05, 4.69) is 40.5 Å². The van der Waals surface area contributed by atoms with Crippen LogP contribution >= 0.6 is 23.2 Å². The SMILES string of the molecule is CN(c1ccc(Cl)c(-c2ccc(C3CC3)cc2)c1)c1nc2nncn2c2cc(Cl)ccc12. The van der Waals surface area contributed by atoms with Crippen molar-refractivity contribution < 1.29 is 0 Å². The summed E-state index contributed by atoms with van der Waals surface area (Å²) in [6.07, 6.45) is 4.24. The average molecular weight is 460 g/mol. The molecule has 6 rings (SSSR count). The summed E-state index contributed by atoms with van der Waals surface area (Å²) in [4.78, 5) is 6.82. The molecule has 0 amide bonds. The zero-order chi connectivity index (χ0) is 21.8. The molecule has 0 bridgehead atoms. The van der Waals surface area contributed by atoms with Gasteiger partial charge < -0.3 is 4.90 Å². The van der Waals surface area contributed by atoms with E-state index in [0.717, 1.165) is 44.5 Å². The van der Waals surface area contributed by atoms with Crippen molar-refractivity contribution in [3.8, 4) is 11.1 Å². The van der Waals surface area contributed by atoms with E-state index in [-0.39, 0.29) is 0 Å². The van der Waals surface area contributed by atoms with Crippen molar-refractivity contribution in [2.75, 3.05) is 11.9 Å². The Hall–Kier alpha value is -3.15. The van der Waals surface area contributed by atoms with E-state index in [0.29, 0.717) is 10.8 Å². The summed E-state index contributed by atoms with van der Waals surface area (Å²) in [6.45, 7) is 0. The second-order valence-corrected chi connectivity index (χ2v) is 9.06. The van der Waals surface area contributed by atoms with Gasteiger partial charge in [-0.1, -0.05) is 47.5 Å². The highest BCUT2D eigenvalue weighted by Gasteiger charge is 2.23. The molecule has 5 aromatic rings. The molecule has 0 spiro atoms. The van der Waals surface area contributed by atoms with Gasteiger partial charge in [0.2, 0.25) is 0 Å². The number of hydrogen-bond donors (Lipinski definition) is 0. The van der Waals surface area contributed by atoms with Crippen molar-refractivity contribution in [3.63, 3.8) is 0 Å². The summed E-state index contributed by atoms with van der Waals surface area (Å²) in [5.74, 6) is 2.03. The van der Waals surface area contributed by atoms with Crippen LogP contribution in [0.2, 0.25) is 10.0 Å². The highest BCUT2D eigenvalue weighted by molar-refractivity contribution is 6.33. The number of rotatable bonds is 4. The molecule has 0 atom stereocenters. The van der Waals surface area contributed by atoms with Crippen LogP contribution in [0.1, 0.15) is 24.3 Å². The second kappa shape index (κ2) is 7.47. The molecular formula is C25H19Cl2N5. The fourth-order valence-electron chi connectivity index (χ4n) is 4.20. The Morgan fingerprint density at radius 2 is 1.78 bits per heavy atom. The van der Waals surface area contributed by atoms with Crippen LogP contribution in [0.5, 0.6) is 0 Å². The predicted octanol–water partition coefficient (Wildman–Crippen LogP) is 6.90. The van der Waals surface area contributed by atoms with Gasteiger partial charge in [-0.2, -0.15) is 4.98 Å². The Morgan fingerprint density at radius 3 is 2.56 bits per heavy atom. The lowest BCUT2D eigenvalue weighted by atomic mass is 10.0. The summed E-state index contributed by atoms with van der Waals surface area (Å²) in [5, 5.41) is 10.5. The molecule has 1 saturated carbocycles. The summed E-state index contributed by atoms with van der Waals surface area (Å²) in [6, 6.07) is 20.6. The van der Waals surface area contributed by atoms with E-state index in [1.807, 2.05) is 46.7 Å². The molecular weight excluding hydrogens is 441 g/mol. The highest BCUT2D eigenvalue weighted by atomic mass is 35.5. The van der Waals surface area contributed by atoms with Gasteiger partial charge in [-0.15, -0.1) is 10.2 Å². The maximum atomic E-state index is 6.60. The molecule has 0 radical (unpaired) electrons. The molecule has 1 fully saturated rings. The first-order chi connectivity index (χ1) is 15.6. The zero-order valence-electron chi connectivity index (χ0n) is 17.3. The molecule has 0 N–H and O–H groups in total. The zero-order valence-corrected chi connectivity index (χ0v) is 18.8. The molecule has 0 unspecified atom stereocenters. The van der Waals surface area contributed by atoms with Crippen molar-refractivity contribution in [3.05, 3.63) is 82.6 Å². The van der Waals surface area contributed by atoms with Crippen LogP contribution in [0.3, 0.4) is 0 Å². The number of nitrogens with zero attached hydrogens (tertiary/aromatic N) is 5. The maximum absolute atomic E-state index is 6.60.